The fourth-order valence-electron chi connectivity index (χ4n) is 1.91. The highest BCUT2D eigenvalue weighted by molar-refractivity contribution is 7.15. The molecule has 26 heavy (non-hydrogen) atoms. The lowest BCUT2D eigenvalue weighted by molar-refractivity contribution is -0.375. The number of carbonyl (C=O) groups excluding carboxylic acids is 1. The van der Waals surface area contributed by atoms with Crippen LogP contribution in [0.5, 0.6) is 0 Å². The Kier molecular flexibility index (Phi) is 5.14. The van der Waals surface area contributed by atoms with Crippen LogP contribution in [0.15, 0.2) is 30.7 Å². The van der Waals surface area contributed by atoms with Crippen LogP contribution in [0.3, 0.4) is 0 Å². The number of urea groups is 1. The average molecular weight is 400 g/mol. The topological polar surface area (TPSA) is 92.3 Å². The third-order valence-electron chi connectivity index (χ3n) is 3.26. The Labute approximate surface area is 145 Å². The molecule has 3 N–H and O–H groups in total. The summed E-state index contributed by atoms with van der Waals surface area (Å²) in [5.74, 6) is 0. The number of hydrogen-bond donors (Lipinski definition) is 2. The van der Waals surface area contributed by atoms with E-state index in [9.17, 15) is 36.2 Å². The molecule has 6 nitrogen and oxygen atoms in total. The summed E-state index contributed by atoms with van der Waals surface area (Å²) in [6.45, 7) is -0.263. The Hall–Kier alpha value is -2.41. The number of alkyl halides is 6. The second kappa shape index (κ2) is 6.72. The fraction of sp³-hybridized carbons (Fsp3) is 0.308. The van der Waals surface area contributed by atoms with Crippen LogP contribution >= 0.6 is 11.3 Å². The minimum absolute atomic E-state index is 0.142. The van der Waals surface area contributed by atoms with Crippen molar-refractivity contribution in [2.24, 2.45) is 5.73 Å². The summed E-state index contributed by atoms with van der Waals surface area (Å²) in [4.78, 5) is 17.8. The maximum absolute atomic E-state index is 12.9. The molecule has 0 saturated carbocycles. The molecule has 0 aliphatic carbocycles. The van der Waals surface area contributed by atoms with Crippen molar-refractivity contribution in [2.75, 3.05) is 4.90 Å². The van der Waals surface area contributed by atoms with Crippen molar-refractivity contribution in [1.82, 2.24) is 9.97 Å². The highest BCUT2D eigenvalue weighted by Crippen LogP contribution is 2.52. The van der Waals surface area contributed by atoms with Crippen molar-refractivity contribution < 1.29 is 36.2 Å². The van der Waals surface area contributed by atoms with Crippen LogP contribution in [0.1, 0.15) is 10.4 Å². The normalized spacial score (nSPS) is 12.9. The van der Waals surface area contributed by atoms with Gasteiger partial charge in [0.25, 0.3) is 5.60 Å². The quantitative estimate of drug-likeness (QED) is 0.772. The standard InChI is InChI=1S/C13H10F6N4O2S/c14-12(15,16)11(25,13(17,18)19)8-5-22-10(26-8)23(9(20)24)6-7-1-3-21-4-2-7/h1-5,25H,6H2,(H2,20,24). The van der Waals surface area contributed by atoms with Gasteiger partial charge in [-0.15, -0.1) is 0 Å². The van der Waals surface area contributed by atoms with E-state index in [4.69, 9.17) is 5.73 Å². The molecule has 0 fully saturated rings. The van der Waals surface area contributed by atoms with Crippen molar-refractivity contribution in [3.8, 4) is 0 Å². The molecule has 2 heterocycles. The largest absolute Gasteiger partial charge is 0.431 e. The summed E-state index contributed by atoms with van der Waals surface area (Å²) in [5.41, 5.74) is 0.478. The van der Waals surface area contributed by atoms with Gasteiger partial charge in [-0.1, -0.05) is 11.3 Å². The minimum atomic E-state index is -6.04. The number of hydrogen-bond acceptors (Lipinski definition) is 5. The Morgan fingerprint density at radius 2 is 1.69 bits per heavy atom. The van der Waals surface area contributed by atoms with Crippen LogP contribution in [0, 0.1) is 0 Å². The van der Waals surface area contributed by atoms with Gasteiger partial charge < -0.3 is 10.8 Å². The number of rotatable bonds is 4. The first-order valence-electron chi connectivity index (χ1n) is 6.66. The van der Waals surface area contributed by atoms with Gasteiger partial charge in [0, 0.05) is 18.6 Å². The van der Waals surface area contributed by atoms with Crippen LogP contribution in [0.25, 0.3) is 0 Å². The molecular weight excluding hydrogens is 390 g/mol. The van der Waals surface area contributed by atoms with Gasteiger partial charge in [-0.25, -0.2) is 9.78 Å². The number of halogens is 6. The Bertz CT molecular complexity index is 763. The van der Waals surface area contributed by atoms with Gasteiger partial charge in [-0.3, -0.25) is 9.88 Å². The molecule has 0 aliphatic rings. The van der Waals surface area contributed by atoms with E-state index < -0.39 is 34.0 Å². The monoisotopic (exact) mass is 400 g/mol. The van der Waals surface area contributed by atoms with E-state index in [1.54, 1.807) is 0 Å². The average Bonchev–Trinajstić information content (AvgIpc) is 3.00. The molecule has 0 radical (unpaired) electrons. The predicted molar refractivity (Wildman–Crippen MR) is 78.1 cm³/mol. The third kappa shape index (κ3) is 3.58. The van der Waals surface area contributed by atoms with Crippen LogP contribution < -0.4 is 10.6 Å². The zero-order valence-electron chi connectivity index (χ0n) is 12.5. The van der Waals surface area contributed by atoms with Crippen molar-refractivity contribution in [3.63, 3.8) is 0 Å². The zero-order valence-corrected chi connectivity index (χ0v) is 13.4. The SMILES string of the molecule is NC(=O)N(Cc1ccncc1)c1ncc(C(O)(C(F)(F)F)C(F)(F)F)s1. The molecule has 0 aromatic carbocycles. The lowest BCUT2D eigenvalue weighted by atomic mass is 10.0. The Morgan fingerprint density at radius 3 is 2.15 bits per heavy atom. The number of primary amides is 1. The van der Waals surface area contributed by atoms with Crippen molar-refractivity contribution >= 4 is 22.5 Å². The minimum Gasteiger partial charge on any atom is -0.369 e. The number of carbonyl (C=O) groups is 1. The van der Waals surface area contributed by atoms with Crippen LogP contribution in [0.4, 0.5) is 36.3 Å². The van der Waals surface area contributed by atoms with E-state index in [0.29, 0.717) is 10.5 Å². The van der Waals surface area contributed by atoms with Gasteiger partial charge in [0.1, 0.15) is 0 Å². The molecule has 142 valence electrons. The highest BCUT2D eigenvalue weighted by Gasteiger charge is 2.72. The van der Waals surface area contributed by atoms with Gasteiger partial charge in [0.05, 0.1) is 11.4 Å². The second-order valence-electron chi connectivity index (χ2n) is 4.99. The summed E-state index contributed by atoms with van der Waals surface area (Å²) < 4.78 is 77.4. The molecule has 13 heteroatoms. The summed E-state index contributed by atoms with van der Waals surface area (Å²) in [7, 11) is 0. The van der Waals surface area contributed by atoms with E-state index >= 15 is 0 Å². The van der Waals surface area contributed by atoms with Gasteiger partial charge in [0.2, 0.25) is 0 Å². The second-order valence-corrected chi connectivity index (χ2v) is 6.00. The van der Waals surface area contributed by atoms with Gasteiger partial charge in [-0.05, 0) is 17.7 Å². The number of pyridine rings is 1. The number of amides is 2. The lowest BCUT2D eigenvalue weighted by Crippen LogP contribution is -2.53. The smallest absolute Gasteiger partial charge is 0.369 e. The van der Waals surface area contributed by atoms with Gasteiger partial charge >= 0.3 is 18.4 Å². The summed E-state index contributed by atoms with van der Waals surface area (Å²) >= 11 is -0.142. The van der Waals surface area contributed by atoms with Crippen molar-refractivity contribution in [3.05, 3.63) is 41.2 Å². The van der Waals surface area contributed by atoms with Crippen LogP contribution in [0.2, 0.25) is 0 Å². The van der Waals surface area contributed by atoms with Crippen molar-refractivity contribution in [2.45, 2.75) is 24.5 Å². The maximum Gasteiger partial charge on any atom is 0.431 e. The van der Waals surface area contributed by atoms with E-state index in [1.165, 1.54) is 24.5 Å². The van der Waals surface area contributed by atoms with Gasteiger partial charge in [0.15, 0.2) is 5.13 Å². The van der Waals surface area contributed by atoms with E-state index in [0.717, 1.165) is 0 Å². The molecule has 0 aliphatic heterocycles. The summed E-state index contributed by atoms with van der Waals surface area (Å²) in [5, 5.41) is 8.83. The zero-order chi connectivity index (χ0) is 19.8. The number of aliphatic hydroxyl groups is 1. The molecule has 0 spiro atoms. The summed E-state index contributed by atoms with van der Waals surface area (Å²) in [6.07, 6.45) is -9.14. The lowest BCUT2D eigenvalue weighted by Gasteiger charge is -2.30. The number of aromatic nitrogens is 2. The molecule has 2 aromatic rings. The first-order valence-corrected chi connectivity index (χ1v) is 7.47. The number of nitrogens with zero attached hydrogens (tertiary/aromatic N) is 3. The van der Waals surface area contributed by atoms with E-state index in [2.05, 4.69) is 9.97 Å². The number of nitrogens with two attached hydrogens (primary N) is 1. The van der Waals surface area contributed by atoms with Crippen LogP contribution in [-0.4, -0.2) is 33.5 Å². The molecule has 0 bridgehead atoms. The van der Waals surface area contributed by atoms with Crippen LogP contribution in [-0.2, 0) is 12.1 Å². The maximum atomic E-state index is 12.9. The predicted octanol–water partition coefficient (Wildman–Crippen LogP) is 2.94. The first-order chi connectivity index (χ1) is 11.9. The van der Waals surface area contributed by atoms with E-state index in [1.807, 2.05) is 0 Å². The summed E-state index contributed by atoms with van der Waals surface area (Å²) in [6, 6.07) is 1.78. The first kappa shape index (κ1) is 19.9. The molecular formula is C13H10F6N4O2S. The number of anilines is 1. The Morgan fingerprint density at radius 1 is 1.15 bits per heavy atom. The molecule has 0 unspecified atom stereocenters. The highest BCUT2D eigenvalue weighted by atomic mass is 32.1. The molecule has 2 aromatic heterocycles. The fourth-order valence-corrected chi connectivity index (χ4v) is 2.96. The van der Waals surface area contributed by atoms with Gasteiger partial charge in [-0.2, -0.15) is 26.3 Å². The third-order valence-corrected chi connectivity index (χ3v) is 4.39. The molecule has 0 atom stereocenters. The molecule has 0 saturated heterocycles. The van der Waals surface area contributed by atoms with Crippen molar-refractivity contribution in [1.29, 1.82) is 0 Å². The molecule has 2 amide bonds. The van der Waals surface area contributed by atoms with E-state index in [-0.39, 0.29) is 24.1 Å². The number of thiazole rings is 1. The Balaban J connectivity index is 2.44. The molecule has 2 rings (SSSR count).